The summed E-state index contributed by atoms with van der Waals surface area (Å²) in [5.41, 5.74) is 6.85. The minimum atomic E-state index is 0.675. The zero-order valence-electron chi connectivity index (χ0n) is 7.29. The molecule has 66 valence electrons. The molecule has 0 aromatic carbocycles. The fraction of sp³-hybridized carbons (Fsp3) is 0.444. The molecule has 3 heteroatoms. The van der Waals surface area contributed by atoms with Crippen molar-refractivity contribution in [1.29, 1.82) is 0 Å². The van der Waals surface area contributed by atoms with Crippen molar-refractivity contribution in [3.05, 3.63) is 23.9 Å². The van der Waals surface area contributed by atoms with Gasteiger partial charge in [-0.1, -0.05) is 13.0 Å². The average molecular weight is 182 g/mol. The van der Waals surface area contributed by atoms with Crippen molar-refractivity contribution in [3.8, 4) is 0 Å². The molecule has 0 spiro atoms. The van der Waals surface area contributed by atoms with Gasteiger partial charge in [0.2, 0.25) is 0 Å². The second-order valence-corrected chi connectivity index (χ2v) is 3.89. The molecule has 12 heavy (non-hydrogen) atoms. The summed E-state index contributed by atoms with van der Waals surface area (Å²) in [4.78, 5) is 4.03. The Hall–Kier alpha value is -0.700. The van der Waals surface area contributed by atoms with Crippen LogP contribution >= 0.6 is 11.8 Å². The number of nitrogens with two attached hydrogens (primary N) is 1. The molecule has 0 saturated heterocycles. The standard InChI is InChI=1S/C9H14N2S/c1-2-12-7-5-8-4-3-6-11-9(8)10/h3-4,6H,2,5,7H2,1H3,(H2,10,11). The molecule has 0 amide bonds. The van der Waals surface area contributed by atoms with Gasteiger partial charge in [-0.3, -0.25) is 0 Å². The van der Waals surface area contributed by atoms with E-state index in [-0.39, 0.29) is 0 Å². The van der Waals surface area contributed by atoms with E-state index in [1.54, 1.807) is 6.20 Å². The molecule has 0 saturated carbocycles. The summed E-state index contributed by atoms with van der Waals surface area (Å²) in [6, 6.07) is 3.97. The number of aromatic nitrogens is 1. The Morgan fingerprint density at radius 1 is 1.58 bits per heavy atom. The maximum atomic E-state index is 5.68. The quantitative estimate of drug-likeness (QED) is 0.723. The van der Waals surface area contributed by atoms with Crippen LogP contribution in [0, 0.1) is 0 Å². The average Bonchev–Trinajstić information content (AvgIpc) is 2.09. The highest BCUT2D eigenvalue weighted by Crippen LogP contribution is 2.10. The minimum Gasteiger partial charge on any atom is -0.383 e. The highest BCUT2D eigenvalue weighted by atomic mass is 32.2. The summed E-state index contributed by atoms with van der Waals surface area (Å²) in [7, 11) is 0. The first kappa shape index (κ1) is 9.39. The Bertz CT molecular complexity index is 238. The van der Waals surface area contributed by atoms with Gasteiger partial charge < -0.3 is 5.73 Å². The SMILES string of the molecule is CCSCCc1cccnc1N. The van der Waals surface area contributed by atoms with Crippen molar-refractivity contribution in [2.45, 2.75) is 13.3 Å². The van der Waals surface area contributed by atoms with Crippen LogP contribution in [0.1, 0.15) is 12.5 Å². The normalized spacial score (nSPS) is 10.1. The zero-order valence-corrected chi connectivity index (χ0v) is 8.10. The molecular formula is C9H14N2S. The third-order valence-corrected chi connectivity index (χ3v) is 2.55. The molecule has 0 aliphatic rings. The summed E-state index contributed by atoms with van der Waals surface area (Å²) in [5.74, 6) is 2.97. The first-order chi connectivity index (χ1) is 5.84. The van der Waals surface area contributed by atoms with Crippen LogP contribution in [-0.4, -0.2) is 16.5 Å². The van der Waals surface area contributed by atoms with Crippen molar-refractivity contribution in [1.82, 2.24) is 4.98 Å². The number of thioether (sulfide) groups is 1. The summed E-state index contributed by atoms with van der Waals surface area (Å²) in [6.07, 6.45) is 2.75. The van der Waals surface area contributed by atoms with Crippen molar-refractivity contribution >= 4 is 17.6 Å². The number of aryl methyl sites for hydroxylation is 1. The van der Waals surface area contributed by atoms with Gasteiger partial charge in [0.25, 0.3) is 0 Å². The molecule has 1 rings (SSSR count). The van der Waals surface area contributed by atoms with Crippen molar-refractivity contribution in [2.75, 3.05) is 17.2 Å². The predicted molar refractivity (Wildman–Crippen MR) is 55.4 cm³/mol. The Labute approximate surface area is 77.6 Å². The number of nitrogen functional groups attached to an aromatic ring is 1. The van der Waals surface area contributed by atoms with Crippen LogP contribution in [0.4, 0.5) is 5.82 Å². The topological polar surface area (TPSA) is 38.9 Å². The Morgan fingerprint density at radius 3 is 3.08 bits per heavy atom. The molecule has 1 aromatic rings. The van der Waals surface area contributed by atoms with Crippen LogP contribution in [0.15, 0.2) is 18.3 Å². The lowest BCUT2D eigenvalue weighted by molar-refractivity contribution is 1.12. The second kappa shape index (κ2) is 5.04. The van der Waals surface area contributed by atoms with Gasteiger partial charge in [0.05, 0.1) is 0 Å². The van der Waals surface area contributed by atoms with Crippen LogP contribution in [0.3, 0.4) is 0 Å². The lowest BCUT2D eigenvalue weighted by Gasteiger charge is -2.02. The van der Waals surface area contributed by atoms with Gasteiger partial charge in [0.15, 0.2) is 0 Å². The monoisotopic (exact) mass is 182 g/mol. The predicted octanol–water partition coefficient (Wildman–Crippen LogP) is 1.96. The highest BCUT2D eigenvalue weighted by molar-refractivity contribution is 7.99. The summed E-state index contributed by atoms with van der Waals surface area (Å²) >= 11 is 1.93. The first-order valence-electron chi connectivity index (χ1n) is 4.11. The number of nitrogens with zero attached hydrogens (tertiary/aromatic N) is 1. The van der Waals surface area contributed by atoms with Crippen molar-refractivity contribution in [2.24, 2.45) is 0 Å². The minimum absolute atomic E-state index is 0.675. The summed E-state index contributed by atoms with van der Waals surface area (Å²) in [5, 5.41) is 0. The molecule has 2 N–H and O–H groups in total. The Balaban J connectivity index is 2.46. The number of hydrogen-bond donors (Lipinski definition) is 1. The van der Waals surface area contributed by atoms with Crippen LogP contribution in [0.25, 0.3) is 0 Å². The fourth-order valence-corrected chi connectivity index (χ4v) is 1.64. The van der Waals surface area contributed by atoms with Crippen LogP contribution < -0.4 is 5.73 Å². The van der Waals surface area contributed by atoms with Crippen molar-refractivity contribution in [3.63, 3.8) is 0 Å². The van der Waals surface area contributed by atoms with E-state index in [0.29, 0.717) is 5.82 Å². The third-order valence-electron chi connectivity index (χ3n) is 1.65. The molecule has 2 nitrogen and oxygen atoms in total. The maximum Gasteiger partial charge on any atom is 0.126 e. The Morgan fingerprint density at radius 2 is 2.42 bits per heavy atom. The van der Waals surface area contributed by atoms with Gasteiger partial charge in [0, 0.05) is 6.20 Å². The lowest BCUT2D eigenvalue weighted by Crippen LogP contribution is -1.98. The number of rotatable bonds is 4. The molecule has 0 bridgehead atoms. The van der Waals surface area contributed by atoms with Crippen LogP contribution in [0.5, 0.6) is 0 Å². The van der Waals surface area contributed by atoms with Gasteiger partial charge in [-0.05, 0) is 29.6 Å². The first-order valence-corrected chi connectivity index (χ1v) is 5.27. The maximum absolute atomic E-state index is 5.68. The molecule has 0 aliphatic heterocycles. The molecule has 1 heterocycles. The molecule has 0 aliphatic carbocycles. The number of anilines is 1. The van der Waals surface area contributed by atoms with E-state index in [0.717, 1.165) is 12.2 Å². The van der Waals surface area contributed by atoms with E-state index in [4.69, 9.17) is 5.73 Å². The van der Waals surface area contributed by atoms with E-state index >= 15 is 0 Å². The van der Waals surface area contributed by atoms with E-state index in [2.05, 4.69) is 11.9 Å². The third kappa shape index (κ3) is 2.74. The summed E-state index contributed by atoms with van der Waals surface area (Å²) < 4.78 is 0. The largest absolute Gasteiger partial charge is 0.383 e. The lowest BCUT2D eigenvalue weighted by atomic mass is 10.2. The van der Waals surface area contributed by atoms with Gasteiger partial charge in [-0.15, -0.1) is 0 Å². The zero-order chi connectivity index (χ0) is 8.81. The van der Waals surface area contributed by atoms with Crippen LogP contribution in [-0.2, 0) is 6.42 Å². The molecule has 0 atom stereocenters. The van der Waals surface area contributed by atoms with Gasteiger partial charge in [-0.25, -0.2) is 4.98 Å². The van der Waals surface area contributed by atoms with Crippen LogP contribution in [0.2, 0.25) is 0 Å². The van der Waals surface area contributed by atoms with E-state index < -0.39 is 0 Å². The van der Waals surface area contributed by atoms with Crippen molar-refractivity contribution < 1.29 is 0 Å². The number of pyridine rings is 1. The van der Waals surface area contributed by atoms with Gasteiger partial charge >= 0.3 is 0 Å². The smallest absolute Gasteiger partial charge is 0.126 e. The van der Waals surface area contributed by atoms with Gasteiger partial charge in [-0.2, -0.15) is 11.8 Å². The number of hydrogen-bond acceptors (Lipinski definition) is 3. The Kier molecular flexibility index (Phi) is 3.94. The molecule has 0 radical (unpaired) electrons. The second-order valence-electron chi connectivity index (χ2n) is 2.49. The molecule has 0 unspecified atom stereocenters. The molecular weight excluding hydrogens is 168 g/mol. The van der Waals surface area contributed by atoms with Gasteiger partial charge in [0.1, 0.15) is 5.82 Å². The van der Waals surface area contributed by atoms with E-state index in [9.17, 15) is 0 Å². The molecule has 1 aromatic heterocycles. The van der Waals surface area contributed by atoms with E-state index in [1.165, 1.54) is 11.3 Å². The van der Waals surface area contributed by atoms with E-state index in [1.807, 2.05) is 23.9 Å². The molecule has 0 fully saturated rings. The fourth-order valence-electron chi connectivity index (χ4n) is 0.989. The highest BCUT2D eigenvalue weighted by Gasteiger charge is 1.97. The summed E-state index contributed by atoms with van der Waals surface area (Å²) in [6.45, 7) is 2.16.